The molecule has 2 saturated carbocycles. The molecule has 0 saturated heterocycles. The molecule has 0 heterocycles. The molecule has 4 nitrogen and oxygen atoms in total. The Kier molecular flexibility index (Phi) is 4.71. The molecule has 0 spiro atoms. The lowest BCUT2D eigenvalue weighted by Gasteiger charge is -2.29. The van der Waals surface area contributed by atoms with Crippen LogP contribution < -0.4 is 5.32 Å². The maximum atomic E-state index is 12.3. The second-order valence-corrected chi connectivity index (χ2v) is 6.76. The molecule has 20 heavy (non-hydrogen) atoms. The molecule has 4 unspecified atom stereocenters. The first-order chi connectivity index (χ1) is 9.48. The van der Waals surface area contributed by atoms with Crippen LogP contribution in [0.5, 0.6) is 0 Å². The standard InChI is InChI=1S/C16H27NO3/c1-4-7-16(2,15(19)20-3)17-14(18)10-13-9-11-5-6-12(13)8-11/h11-13H,4-10H2,1-3H3,(H,17,18). The highest BCUT2D eigenvalue weighted by atomic mass is 16.5. The third-order valence-electron chi connectivity index (χ3n) is 5.13. The molecule has 1 amide bonds. The van der Waals surface area contributed by atoms with E-state index in [1.807, 2.05) is 6.92 Å². The van der Waals surface area contributed by atoms with E-state index in [9.17, 15) is 9.59 Å². The van der Waals surface area contributed by atoms with Gasteiger partial charge in [0.2, 0.25) is 5.91 Å². The normalized spacial score (nSPS) is 30.9. The van der Waals surface area contributed by atoms with Gasteiger partial charge in [-0.1, -0.05) is 19.8 Å². The monoisotopic (exact) mass is 281 g/mol. The quantitative estimate of drug-likeness (QED) is 0.762. The Morgan fingerprint density at radius 1 is 1.30 bits per heavy atom. The molecule has 0 aromatic carbocycles. The van der Waals surface area contributed by atoms with Gasteiger partial charge in [0.1, 0.15) is 5.54 Å². The molecule has 2 rings (SSSR count). The van der Waals surface area contributed by atoms with Crippen molar-refractivity contribution in [1.29, 1.82) is 0 Å². The topological polar surface area (TPSA) is 55.4 Å². The van der Waals surface area contributed by atoms with Crippen molar-refractivity contribution < 1.29 is 14.3 Å². The lowest BCUT2D eigenvalue weighted by molar-refractivity contribution is -0.150. The van der Waals surface area contributed by atoms with Gasteiger partial charge < -0.3 is 10.1 Å². The molecular formula is C16H27NO3. The van der Waals surface area contributed by atoms with E-state index in [1.165, 1.54) is 32.8 Å². The molecule has 114 valence electrons. The first kappa shape index (κ1) is 15.3. The van der Waals surface area contributed by atoms with E-state index in [0.717, 1.165) is 18.3 Å². The average molecular weight is 281 g/mol. The number of methoxy groups -OCH3 is 1. The highest BCUT2D eigenvalue weighted by Gasteiger charge is 2.41. The second-order valence-electron chi connectivity index (χ2n) is 6.76. The first-order valence-electron chi connectivity index (χ1n) is 7.88. The van der Waals surface area contributed by atoms with E-state index in [0.29, 0.717) is 18.8 Å². The molecule has 0 radical (unpaired) electrons. The Hall–Kier alpha value is -1.06. The Balaban J connectivity index is 1.90. The maximum absolute atomic E-state index is 12.3. The molecule has 2 fully saturated rings. The predicted octanol–water partition coefficient (Wildman–Crippen LogP) is 2.66. The lowest BCUT2D eigenvalue weighted by atomic mass is 9.86. The van der Waals surface area contributed by atoms with Crippen LogP contribution in [0.4, 0.5) is 0 Å². The minimum atomic E-state index is -0.877. The van der Waals surface area contributed by atoms with Crippen molar-refractivity contribution in [3.63, 3.8) is 0 Å². The van der Waals surface area contributed by atoms with Crippen molar-refractivity contribution >= 4 is 11.9 Å². The maximum Gasteiger partial charge on any atom is 0.331 e. The molecule has 0 aromatic rings. The average Bonchev–Trinajstić information content (AvgIpc) is 2.99. The molecule has 2 aliphatic rings. The zero-order valence-corrected chi connectivity index (χ0v) is 12.9. The second kappa shape index (κ2) is 6.15. The Labute approximate surface area is 121 Å². The largest absolute Gasteiger partial charge is 0.467 e. The van der Waals surface area contributed by atoms with Gasteiger partial charge in [-0.25, -0.2) is 4.79 Å². The number of ether oxygens (including phenoxy) is 1. The summed E-state index contributed by atoms with van der Waals surface area (Å²) in [5, 5.41) is 2.92. The third-order valence-corrected chi connectivity index (χ3v) is 5.13. The third kappa shape index (κ3) is 3.15. The van der Waals surface area contributed by atoms with Gasteiger partial charge in [-0.3, -0.25) is 4.79 Å². The van der Waals surface area contributed by atoms with Crippen LogP contribution in [0.2, 0.25) is 0 Å². The Bertz CT molecular complexity index is 382. The van der Waals surface area contributed by atoms with Crippen LogP contribution in [0.25, 0.3) is 0 Å². The number of nitrogens with one attached hydrogen (secondary N) is 1. The van der Waals surface area contributed by atoms with Gasteiger partial charge in [0.05, 0.1) is 7.11 Å². The number of fused-ring (bicyclic) bond motifs is 2. The van der Waals surface area contributed by atoms with E-state index in [2.05, 4.69) is 5.32 Å². The van der Waals surface area contributed by atoms with Gasteiger partial charge in [0, 0.05) is 6.42 Å². The van der Waals surface area contributed by atoms with Crippen molar-refractivity contribution in [3.05, 3.63) is 0 Å². The molecule has 0 aromatic heterocycles. The van der Waals surface area contributed by atoms with Gasteiger partial charge >= 0.3 is 5.97 Å². The van der Waals surface area contributed by atoms with Crippen molar-refractivity contribution in [3.8, 4) is 0 Å². The number of carbonyl (C=O) groups excluding carboxylic acids is 2. The van der Waals surface area contributed by atoms with E-state index < -0.39 is 5.54 Å². The summed E-state index contributed by atoms with van der Waals surface area (Å²) in [6.45, 7) is 3.77. The van der Waals surface area contributed by atoms with E-state index >= 15 is 0 Å². The van der Waals surface area contributed by atoms with Gasteiger partial charge in [-0.05, 0) is 50.4 Å². The molecule has 2 aliphatic carbocycles. The molecule has 4 heteroatoms. The lowest BCUT2D eigenvalue weighted by Crippen LogP contribution is -2.53. The van der Waals surface area contributed by atoms with Gasteiger partial charge in [-0.15, -0.1) is 0 Å². The van der Waals surface area contributed by atoms with E-state index in [1.54, 1.807) is 6.92 Å². The summed E-state index contributed by atoms with van der Waals surface area (Å²) in [6, 6.07) is 0. The van der Waals surface area contributed by atoms with Crippen LogP contribution in [0.15, 0.2) is 0 Å². The number of esters is 1. The molecule has 1 N–H and O–H groups in total. The minimum Gasteiger partial charge on any atom is -0.467 e. The zero-order chi connectivity index (χ0) is 14.8. The summed E-state index contributed by atoms with van der Waals surface area (Å²) in [6.07, 6.45) is 7.14. The number of rotatable bonds is 6. The van der Waals surface area contributed by atoms with E-state index in [-0.39, 0.29) is 11.9 Å². The predicted molar refractivity (Wildman–Crippen MR) is 77.0 cm³/mol. The number of carbonyl (C=O) groups is 2. The van der Waals surface area contributed by atoms with Gasteiger partial charge in [0.15, 0.2) is 0 Å². The van der Waals surface area contributed by atoms with Gasteiger partial charge in [-0.2, -0.15) is 0 Å². The van der Waals surface area contributed by atoms with Crippen molar-refractivity contribution in [2.24, 2.45) is 17.8 Å². The summed E-state index contributed by atoms with van der Waals surface area (Å²) in [4.78, 5) is 24.2. The molecule has 0 aliphatic heterocycles. The van der Waals surface area contributed by atoms with Crippen LogP contribution in [-0.2, 0) is 14.3 Å². The van der Waals surface area contributed by atoms with E-state index in [4.69, 9.17) is 4.74 Å². The summed E-state index contributed by atoms with van der Waals surface area (Å²) >= 11 is 0. The fraction of sp³-hybridized carbons (Fsp3) is 0.875. The van der Waals surface area contributed by atoms with Crippen LogP contribution >= 0.6 is 0 Å². The van der Waals surface area contributed by atoms with Gasteiger partial charge in [0.25, 0.3) is 0 Å². The van der Waals surface area contributed by atoms with Crippen molar-refractivity contribution in [2.45, 2.75) is 64.3 Å². The number of hydrogen-bond acceptors (Lipinski definition) is 3. The van der Waals surface area contributed by atoms with Crippen LogP contribution in [0.1, 0.15) is 58.8 Å². The first-order valence-corrected chi connectivity index (χ1v) is 7.88. The number of hydrogen-bond donors (Lipinski definition) is 1. The van der Waals surface area contributed by atoms with Crippen molar-refractivity contribution in [2.75, 3.05) is 7.11 Å². The molecule has 2 bridgehead atoms. The van der Waals surface area contributed by atoms with Crippen LogP contribution in [0.3, 0.4) is 0 Å². The summed E-state index contributed by atoms with van der Waals surface area (Å²) in [5.41, 5.74) is -0.877. The Morgan fingerprint density at radius 3 is 2.55 bits per heavy atom. The minimum absolute atomic E-state index is 0.00361. The number of amides is 1. The van der Waals surface area contributed by atoms with Crippen LogP contribution in [0, 0.1) is 17.8 Å². The highest BCUT2D eigenvalue weighted by Crippen LogP contribution is 2.49. The summed E-state index contributed by atoms with van der Waals surface area (Å²) in [7, 11) is 1.37. The SMILES string of the molecule is CCCC(C)(NC(=O)CC1CC2CCC1C2)C(=O)OC. The molecule has 4 atom stereocenters. The zero-order valence-electron chi connectivity index (χ0n) is 12.9. The summed E-state index contributed by atoms with van der Waals surface area (Å²) < 4.78 is 4.83. The molecular weight excluding hydrogens is 254 g/mol. The summed E-state index contributed by atoms with van der Waals surface area (Å²) in [5.74, 6) is 1.77. The smallest absolute Gasteiger partial charge is 0.331 e. The van der Waals surface area contributed by atoms with Crippen LogP contribution in [-0.4, -0.2) is 24.5 Å². The fourth-order valence-corrected chi connectivity index (χ4v) is 4.16. The highest BCUT2D eigenvalue weighted by molar-refractivity contribution is 5.87. The van der Waals surface area contributed by atoms with Crippen molar-refractivity contribution in [1.82, 2.24) is 5.32 Å². The fourth-order valence-electron chi connectivity index (χ4n) is 4.16. The Morgan fingerprint density at radius 2 is 2.05 bits per heavy atom.